The van der Waals surface area contributed by atoms with Crippen molar-refractivity contribution in [3.05, 3.63) is 0 Å². The molecule has 1 rings (SSSR count). The van der Waals surface area contributed by atoms with Gasteiger partial charge in [-0.1, -0.05) is 0 Å². The molecule has 0 aromatic rings. The third-order valence-electron chi connectivity index (χ3n) is 2.04. The highest BCUT2D eigenvalue weighted by atomic mass is 79.9. The van der Waals surface area contributed by atoms with Crippen molar-refractivity contribution in [2.75, 3.05) is 13.7 Å². The summed E-state index contributed by atoms with van der Waals surface area (Å²) in [5, 5.41) is 0. The van der Waals surface area contributed by atoms with Crippen molar-refractivity contribution in [2.45, 2.75) is 36.7 Å². The van der Waals surface area contributed by atoms with Crippen LogP contribution in [0.1, 0.15) is 20.3 Å². The molecular formula is C9H14BrFO4. The zero-order chi connectivity index (χ0) is 11.7. The maximum Gasteiger partial charge on any atom is 0.354 e. The van der Waals surface area contributed by atoms with Gasteiger partial charge in [0.2, 0.25) is 0 Å². The smallest absolute Gasteiger partial charge is 0.354 e. The van der Waals surface area contributed by atoms with E-state index in [4.69, 9.17) is 9.47 Å². The monoisotopic (exact) mass is 284 g/mol. The molecule has 1 fully saturated rings. The Kier molecular flexibility index (Phi) is 3.73. The van der Waals surface area contributed by atoms with Crippen molar-refractivity contribution in [1.29, 1.82) is 0 Å². The number of esters is 1. The SMILES string of the molecule is COC(=O)[C@](F)(Br)C[C@H]1COC(C)(C)O1. The van der Waals surface area contributed by atoms with Gasteiger partial charge in [0.05, 0.1) is 19.8 Å². The summed E-state index contributed by atoms with van der Waals surface area (Å²) in [6, 6.07) is 0. The van der Waals surface area contributed by atoms with Crippen LogP contribution in [0.2, 0.25) is 0 Å². The number of ether oxygens (including phenoxy) is 3. The van der Waals surface area contributed by atoms with Gasteiger partial charge in [0, 0.05) is 6.42 Å². The highest BCUT2D eigenvalue weighted by molar-refractivity contribution is 9.10. The molecule has 2 atom stereocenters. The first kappa shape index (κ1) is 12.9. The first-order chi connectivity index (χ1) is 6.77. The van der Waals surface area contributed by atoms with Gasteiger partial charge in [-0.05, 0) is 29.8 Å². The summed E-state index contributed by atoms with van der Waals surface area (Å²) in [4.78, 5) is 11.0. The predicted octanol–water partition coefficient (Wildman–Crippen LogP) is 1.76. The normalized spacial score (nSPS) is 28.5. The molecule has 1 saturated heterocycles. The van der Waals surface area contributed by atoms with Crippen molar-refractivity contribution >= 4 is 21.9 Å². The van der Waals surface area contributed by atoms with Crippen LogP contribution >= 0.6 is 15.9 Å². The average molecular weight is 285 g/mol. The van der Waals surface area contributed by atoms with Crippen LogP contribution in [0.3, 0.4) is 0 Å². The minimum atomic E-state index is -2.21. The van der Waals surface area contributed by atoms with Gasteiger partial charge in [-0.25, -0.2) is 9.18 Å². The van der Waals surface area contributed by atoms with E-state index in [-0.39, 0.29) is 13.0 Å². The fourth-order valence-electron chi connectivity index (χ4n) is 1.38. The number of methoxy groups -OCH3 is 1. The molecule has 0 unspecified atom stereocenters. The summed E-state index contributed by atoms with van der Waals surface area (Å²) >= 11 is 2.68. The Balaban J connectivity index is 2.52. The van der Waals surface area contributed by atoms with Crippen LogP contribution in [0.25, 0.3) is 0 Å². The fourth-order valence-corrected chi connectivity index (χ4v) is 1.91. The molecule has 88 valence electrons. The number of carbonyl (C=O) groups is 1. The Bertz CT molecular complexity index is 254. The van der Waals surface area contributed by atoms with Crippen LogP contribution in [-0.2, 0) is 19.0 Å². The van der Waals surface area contributed by atoms with Crippen LogP contribution in [0, 0.1) is 0 Å². The Morgan fingerprint density at radius 3 is 2.73 bits per heavy atom. The van der Waals surface area contributed by atoms with Crippen molar-refractivity contribution in [3.8, 4) is 0 Å². The largest absolute Gasteiger partial charge is 0.466 e. The molecular weight excluding hydrogens is 271 g/mol. The van der Waals surface area contributed by atoms with E-state index in [1.807, 2.05) is 0 Å². The zero-order valence-electron chi connectivity index (χ0n) is 8.88. The highest BCUT2D eigenvalue weighted by Crippen LogP contribution is 2.33. The van der Waals surface area contributed by atoms with Gasteiger partial charge in [-0.2, -0.15) is 0 Å². The first-order valence-electron chi connectivity index (χ1n) is 4.55. The minimum absolute atomic E-state index is 0.136. The minimum Gasteiger partial charge on any atom is -0.466 e. The second-order valence-electron chi connectivity index (χ2n) is 3.85. The fraction of sp³-hybridized carbons (Fsp3) is 0.889. The van der Waals surface area contributed by atoms with Gasteiger partial charge < -0.3 is 14.2 Å². The molecule has 0 saturated carbocycles. The van der Waals surface area contributed by atoms with Gasteiger partial charge in [0.25, 0.3) is 4.58 Å². The van der Waals surface area contributed by atoms with E-state index in [9.17, 15) is 9.18 Å². The number of rotatable bonds is 3. The number of halogens is 2. The molecule has 0 N–H and O–H groups in total. The number of alkyl halides is 2. The third-order valence-corrected chi connectivity index (χ3v) is 2.68. The molecule has 15 heavy (non-hydrogen) atoms. The van der Waals surface area contributed by atoms with Crippen molar-refractivity contribution in [1.82, 2.24) is 0 Å². The van der Waals surface area contributed by atoms with E-state index in [2.05, 4.69) is 20.7 Å². The molecule has 4 nitrogen and oxygen atoms in total. The van der Waals surface area contributed by atoms with Crippen LogP contribution in [0.15, 0.2) is 0 Å². The zero-order valence-corrected chi connectivity index (χ0v) is 10.5. The van der Waals surface area contributed by atoms with Gasteiger partial charge >= 0.3 is 5.97 Å². The molecule has 0 aromatic heterocycles. The van der Waals surface area contributed by atoms with Crippen molar-refractivity contribution in [2.24, 2.45) is 0 Å². The molecule has 0 radical (unpaired) electrons. The summed E-state index contributed by atoms with van der Waals surface area (Å²) < 4.78 is 26.4. The molecule has 0 bridgehead atoms. The standard InChI is InChI=1S/C9H14BrFO4/c1-8(2)14-5-6(15-8)4-9(10,11)7(12)13-3/h6H,4-5H2,1-3H3/t6-,9-/m0/s1. The third kappa shape index (κ3) is 3.39. The number of hydrogen-bond donors (Lipinski definition) is 0. The summed E-state index contributed by atoms with van der Waals surface area (Å²) in [6.07, 6.45) is -0.591. The second kappa shape index (κ2) is 4.35. The first-order valence-corrected chi connectivity index (χ1v) is 5.34. The van der Waals surface area contributed by atoms with Gasteiger partial charge in [0.15, 0.2) is 5.79 Å². The molecule has 0 amide bonds. The van der Waals surface area contributed by atoms with E-state index in [0.717, 1.165) is 7.11 Å². The maximum atomic E-state index is 13.7. The van der Waals surface area contributed by atoms with E-state index in [1.54, 1.807) is 13.8 Å². The lowest BCUT2D eigenvalue weighted by molar-refractivity contribution is -0.155. The quantitative estimate of drug-likeness (QED) is 0.585. The molecule has 1 heterocycles. The van der Waals surface area contributed by atoms with Crippen LogP contribution in [-0.4, -0.2) is 36.2 Å². The molecule has 6 heteroatoms. The Morgan fingerprint density at radius 1 is 1.73 bits per heavy atom. The van der Waals surface area contributed by atoms with E-state index in [1.165, 1.54) is 0 Å². The van der Waals surface area contributed by atoms with Crippen LogP contribution < -0.4 is 0 Å². The summed E-state index contributed by atoms with van der Waals surface area (Å²) in [7, 11) is 1.13. The van der Waals surface area contributed by atoms with E-state index in [0.29, 0.717) is 0 Å². The maximum absolute atomic E-state index is 13.7. The lowest BCUT2D eigenvalue weighted by atomic mass is 10.2. The summed E-state index contributed by atoms with van der Waals surface area (Å²) in [6.45, 7) is 3.74. The van der Waals surface area contributed by atoms with Gasteiger partial charge in [-0.3, -0.25) is 0 Å². The van der Waals surface area contributed by atoms with Crippen molar-refractivity contribution < 1.29 is 23.4 Å². The predicted molar refractivity (Wildman–Crippen MR) is 54.3 cm³/mol. The Morgan fingerprint density at radius 2 is 2.33 bits per heavy atom. The number of hydrogen-bond acceptors (Lipinski definition) is 4. The van der Waals surface area contributed by atoms with Crippen molar-refractivity contribution in [3.63, 3.8) is 0 Å². The lowest BCUT2D eigenvalue weighted by Crippen LogP contribution is -2.34. The summed E-state index contributed by atoms with van der Waals surface area (Å²) in [5.41, 5.74) is 0. The Labute approximate surface area is 96.2 Å². The Hall–Kier alpha value is -0.200. The average Bonchev–Trinajstić information content (AvgIpc) is 2.43. The van der Waals surface area contributed by atoms with Crippen LogP contribution in [0.4, 0.5) is 4.39 Å². The molecule has 0 spiro atoms. The topological polar surface area (TPSA) is 44.8 Å². The molecule has 0 aliphatic carbocycles. The molecule has 1 aliphatic heterocycles. The van der Waals surface area contributed by atoms with E-state index >= 15 is 0 Å². The molecule has 1 aliphatic rings. The van der Waals surface area contributed by atoms with Gasteiger partial charge in [-0.15, -0.1) is 0 Å². The molecule has 0 aromatic carbocycles. The highest BCUT2D eigenvalue weighted by Gasteiger charge is 2.44. The second-order valence-corrected chi connectivity index (χ2v) is 5.11. The van der Waals surface area contributed by atoms with E-state index < -0.39 is 22.4 Å². The summed E-state index contributed by atoms with van der Waals surface area (Å²) in [5.74, 6) is -1.68. The van der Waals surface area contributed by atoms with Crippen LogP contribution in [0.5, 0.6) is 0 Å². The van der Waals surface area contributed by atoms with Gasteiger partial charge in [0.1, 0.15) is 0 Å². The lowest BCUT2D eigenvalue weighted by Gasteiger charge is -2.20. The number of carbonyl (C=O) groups excluding carboxylic acids is 1.